The van der Waals surface area contributed by atoms with Crippen LogP contribution in [0.5, 0.6) is 0 Å². The molecular weight excluding hydrogens is 292 g/mol. The van der Waals surface area contributed by atoms with E-state index in [-0.39, 0.29) is 0 Å². The second kappa shape index (κ2) is 6.66. The molecule has 0 amide bonds. The lowest BCUT2D eigenvalue weighted by Crippen LogP contribution is -2.27. The average molecular weight is 314 g/mol. The number of nitrogens with two attached hydrogens (primary N) is 1. The molecule has 122 valence electrons. The number of hydrogen-bond donors (Lipinski definition) is 3. The van der Waals surface area contributed by atoms with Crippen LogP contribution in [0.2, 0.25) is 0 Å². The lowest BCUT2D eigenvalue weighted by atomic mass is 10.4. The molecule has 0 aliphatic carbocycles. The van der Waals surface area contributed by atoms with Gasteiger partial charge in [-0.1, -0.05) is 13.8 Å². The number of nitrogen functional groups attached to an aromatic ring is 1. The molecule has 0 atom stereocenters. The fourth-order valence-corrected chi connectivity index (χ4v) is 2.48. The Labute approximate surface area is 134 Å². The third kappa shape index (κ3) is 3.42. The monoisotopic (exact) mass is 314 g/mol. The van der Waals surface area contributed by atoms with Crippen molar-refractivity contribution in [2.24, 2.45) is 0 Å². The van der Waals surface area contributed by atoms with E-state index in [4.69, 9.17) is 5.73 Å². The van der Waals surface area contributed by atoms with Gasteiger partial charge in [0, 0.05) is 18.9 Å². The number of anilines is 3. The van der Waals surface area contributed by atoms with Crippen molar-refractivity contribution in [2.45, 2.75) is 20.4 Å². The summed E-state index contributed by atoms with van der Waals surface area (Å²) < 4.78 is 1.91. The summed E-state index contributed by atoms with van der Waals surface area (Å²) in [7, 11) is 0. The standard InChI is InChI=1S/C15H22N8/c1-3-22(4-2)7-8-23-10-11(9-18-23)19-15-20-13(16)12-5-6-17-14(12)21-15/h5-6,9-10H,3-4,7-8H2,1-2H3,(H4,16,17,19,20,21). The smallest absolute Gasteiger partial charge is 0.231 e. The molecule has 8 heteroatoms. The Morgan fingerprint density at radius 2 is 2.13 bits per heavy atom. The van der Waals surface area contributed by atoms with E-state index in [9.17, 15) is 0 Å². The van der Waals surface area contributed by atoms with Gasteiger partial charge in [0.1, 0.15) is 11.5 Å². The number of H-pyrrole nitrogens is 1. The summed E-state index contributed by atoms with van der Waals surface area (Å²) in [4.78, 5) is 14.1. The Morgan fingerprint density at radius 3 is 2.91 bits per heavy atom. The first kappa shape index (κ1) is 15.3. The van der Waals surface area contributed by atoms with Gasteiger partial charge in [-0.25, -0.2) is 0 Å². The summed E-state index contributed by atoms with van der Waals surface area (Å²) in [5.41, 5.74) is 7.49. The van der Waals surface area contributed by atoms with Crippen molar-refractivity contribution in [3.8, 4) is 0 Å². The average Bonchev–Trinajstić information content (AvgIpc) is 3.18. The van der Waals surface area contributed by atoms with E-state index in [2.05, 4.69) is 44.1 Å². The normalized spacial score (nSPS) is 11.4. The van der Waals surface area contributed by atoms with Crippen LogP contribution in [-0.4, -0.2) is 49.3 Å². The van der Waals surface area contributed by atoms with E-state index in [1.807, 2.05) is 16.9 Å². The Morgan fingerprint density at radius 1 is 1.30 bits per heavy atom. The molecule has 3 heterocycles. The van der Waals surface area contributed by atoms with Crippen molar-refractivity contribution in [2.75, 3.05) is 30.7 Å². The van der Waals surface area contributed by atoms with Crippen molar-refractivity contribution < 1.29 is 0 Å². The first-order valence-corrected chi connectivity index (χ1v) is 7.82. The summed E-state index contributed by atoms with van der Waals surface area (Å²) >= 11 is 0. The van der Waals surface area contributed by atoms with Crippen LogP contribution in [0.25, 0.3) is 11.0 Å². The second-order valence-electron chi connectivity index (χ2n) is 5.32. The molecule has 0 unspecified atom stereocenters. The minimum atomic E-state index is 0.452. The quantitative estimate of drug-likeness (QED) is 0.615. The fraction of sp³-hybridized carbons (Fsp3) is 0.400. The molecule has 0 spiro atoms. The first-order valence-electron chi connectivity index (χ1n) is 7.82. The van der Waals surface area contributed by atoms with Crippen molar-refractivity contribution in [3.05, 3.63) is 24.7 Å². The molecule has 4 N–H and O–H groups in total. The molecule has 0 aliphatic heterocycles. The van der Waals surface area contributed by atoms with Crippen molar-refractivity contribution >= 4 is 28.5 Å². The Kier molecular flexibility index (Phi) is 4.42. The fourth-order valence-electron chi connectivity index (χ4n) is 2.48. The zero-order valence-electron chi connectivity index (χ0n) is 13.5. The number of nitrogens with zero attached hydrogens (tertiary/aromatic N) is 5. The van der Waals surface area contributed by atoms with Gasteiger partial charge in [0.05, 0.1) is 23.8 Å². The highest BCUT2D eigenvalue weighted by molar-refractivity contribution is 5.87. The molecule has 0 aliphatic rings. The van der Waals surface area contributed by atoms with Crippen LogP contribution in [-0.2, 0) is 6.54 Å². The summed E-state index contributed by atoms with van der Waals surface area (Å²) in [6.45, 7) is 8.25. The van der Waals surface area contributed by atoms with Crippen molar-refractivity contribution in [1.82, 2.24) is 29.6 Å². The third-order valence-electron chi connectivity index (χ3n) is 3.87. The number of hydrogen-bond acceptors (Lipinski definition) is 6. The van der Waals surface area contributed by atoms with Crippen LogP contribution in [0.3, 0.4) is 0 Å². The molecule has 23 heavy (non-hydrogen) atoms. The SMILES string of the molecule is CCN(CC)CCn1cc(Nc2nc(N)c3cc[nH]c3n2)cn1. The molecular formula is C15H22N8. The molecule has 3 rings (SSSR count). The zero-order valence-corrected chi connectivity index (χ0v) is 13.5. The number of nitrogens with one attached hydrogen (secondary N) is 2. The van der Waals surface area contributed by atoms with Gasteiger partial charge in [0.15, 0.2) is 0 Å². The lowest BCUT2D eigenvalue weighted by Gasteiger charge is -2.17. The minimum absolute atomic E-state index is 0.452. The van der Waals surface area contributed by atoms with E-state index in [0.29, 0.717) is 17.4 Å². The molecule has 0 saturated heterocycles. The molecule has 0 fully saturated rings. The maximum absolute atomic E-state index is 5.93. The van der Waals surface area contributed by atoms with Crippen LogP contribution in [0.4, 0.5) is 17.5 Å². The number of aromatic amines is 1. The number of aromatic nitrogens is 5. The topological polar surface area (TPSA) is 101 Å². The predicted molar refractivity (Wildman–Crippen MR) is 91.6 cm³/mol. The largest absolute Gasteiger partial charge is 0.383 e. The number of fused-ring (bicyclic) bond motifs is 1. The molecule has 0 bridgehead atoms. The van der Waals surface area contributed by atoms with Crippen LogP contribution >= 0.6 is 0 Å². The van der Waals surface area contributed by atoms with Gasteiger partial charge in [0.2, 0.25) is 5.95 Å². The van der Waals surface area contributed by atoms with Gasteiger partial charge in [-0.15, -0.1) is 0 Å². The molecule has 3 aromatic heterocycles. The van der Waals surface area contributed by atoms with E-state index >= 15 is 0 Å². The second-order valence-corrected chi connectivity index (χ2v) is 5.32. The van der Waals surface area contributed by atoms with Gasteiger partial charge >= 0.3 is 0 Å². The van der Waals surface area contributed by atoms with Gasteiger partial charge in [0.25, 0.3) is 0 Å². The summed E-state index contributed by atoms with van der Waals surface area (Å²) in [5, 5.41) is 8.33. The van der Waals surface area contributed by atoms with Gasteiger partial charge in [-0.2, -0.15) is 15.1 Å². The molecule has 3 aromatic rings. The van der Waals surface area contributed by atoms with Crippen molar-refractivity contribution in [3.63, 3.8) is 0 Å². The van der Waals surface area contributed by atoms with Gasteiger partial charge in [-0.05, 0) is 19.2 Å². The Hall–Kier alpha value is -2.61. The van der Waals surface area contributed by atoms with E-state index in [0.717, 1.165) is 37.3 Å². The van der Waals surface area contributed by atoms with Gasteiger partial charge in [-0.3, -0.25) is 4.68 Å². The van der Waals surface area contributed by atoms with Crippen LogP contribution in [0, 0.1) is 0 Å². The van der Waals surface area contributed by atoms with Crippen LogP contribution < -0.4 is 11.1 Å². The molecule has 0 aromatic carbocycles. The summed E-state index contributed by atoms with van der Waals surface area (Å²) in [6, 6.07) is 1.86. The van der Waals surface area contributed by atoms with Crippen molar-refractivity contribution in [1.29, 1.82) is 0 Å². The highest BCUT2D eigenvalue weighted by atomic mass is 15.3. The maximum atomic E-state index is 5.93. The summed E-state index contributed by atoms with van der Waals surface area (Å²) in [5.74, 6) is 0.911. The highest BCUT2D eigenvalue weighted by Crippen LogP contribution is 2.20. The van der Waals surface area contributed by atoms with E-state index < -0.39 is 0 Å². The molecule has 0 radical (unpaired) electrons. The first-order chi connectivity index (χ1) is 11.2. The zero-order chi connectivity index (χ0) is 16.2. The summed E-state index contributed by atoms with van der Waals surface area (Å²) in [6.07, 6.45) is 5.51. The van der Waals surface area contributed by atoms with E-state index in [1.54, 1.807) is 12.4 Å². The van der Waals surface area contributed by atoms with Gasteiger partial charge < -0.3 is 20.9 Å². The third-order valence-corrected chi connectivity index (χ3v) is 3.87. The predicted octanol–water partition coefficient (Wildman–Crippen LogP) is 1.82. The minimum Gasteiger partial charge on any atom is -0.383 e. The van der Waals surface area contributed by atoms with Crippen LogP contribution in [0.15, 0.2) is 24.7 Å². The lowest BCUT2D eigenvalue weighted by molar-refractivity contribution is 0.285. The maximum Gasteiger partial charge on any atom is 0.231 e. The number of likely N-dealkylation sites (N-methyl/N-ethyl adjacent to an activating group) is 1. The molecule has 8 nitrogen and oxygen atoms in total. The van der Waals surface area contributed by atoms with E-state index in [1.165, 1.54) is 0 Å². The van der Waals surface area contributed by atoms with Crippen LogP contribution in [0.1, 0.15) is 13.8 Å². The Balaban J connectivity index is 1.68. The molecule has 0 saturated carbocycles. The Bertz CT molecular complexity index is 771. The highest BCUT2D eigenvalue weighted by Gasteiger charge is 2.07. The number of rotatable bonds is 7.